The maximum Gasteiger partial charge on any atom is 0.150 e. The number of anilines is 2. The third-order valence-electron chi connectivity index (χ3n) is 3.26. The third-order valence-corrected chi connectivity index (χ3v) is 3.26. The minimum Gasteiger partial charge on any atom is -0.384 e. The summed E-state index contributed by atoms with van der Waals surface area (Å²) in [5.41, 5.74) is 7.85. The van der Waals surface area contributed by atoms with Crippen LogP contribution in [0.4, 0.5) is 20.2 Å². The van der Waals surface area contributed by atoms with Crippen molar-refractivity contribution >= 4 is 17.2 Å². The summed E-state index contributed by atoms with van der Waals surface area (Å²) in [4.78, 5) is 1.45. The quantitative estimate of drug-likeness (QED) is 0.669. The monoisotopic (exact) mass is 289 g/mol. The SMILES string of the molecule is Cc1cc(C)cc(N(C)c2c(F)cc(C(=N)N)cc2F)c1. The van der Waals surface area contributed by atoms with Crippen LogP contribution in [0.25, 0.3) is 0 Å². The van der Waals surface area contributed by atoms with Crippen molar-refractivity contribution in [3.8, 4) is 0 Å². The van der Waals surface area contributed by atoms with Crippen LogP contribution in [0.3, 0.4) is 0 Å². The van der Waals surface area contributed by atoms with Gasteiger partial charge >= 0.3 is 0 Å². The molecule has 2 aromatic carbocycles. The zero-order valence-electron chi connectivity index (χ0n) is 12.2. The van der Waals surface area contributed by atoms with E-state index in [0.717, 1.165) is 23.3 Å². The van der Waals surface area contributed by atoms with Gasteiger partial charge in [0.2, 0.25) is 0 Å². The predicted molar refractivity (Wildman–Crippen MR) is 81.4 cm³/mol. The second-order valence-electron chi connectivity index (χ2n) is 5.11. The van der Waals surface area contributed by atoms with Crippen molar-refractivity contribution < 1.29 is 8.78 Å². The summed E-state index contributed by atoms with van der Waals surface area (Å²) in [6, 6.07) is 7.83. The maximum atomic E-state index is 14.2. The van der Waals surface area contributed by atoms with Crippen LogP contribution in [0.15, 0.2) is 30.3 Å². The molecular formula is C16H17F2N3. The number of hydrogen-bond donors (Lipinski definition) is 2. The number of hydrogen-bond acceptors (Lipinski definition) is 2. The number of nitrogens with one attached hydrogen (secondary N) is 1. The molecule has 0 saturated carbocycles. The summed E-state index contributed by atoms with van der Waals surface area (Å²) < 4.78 is 28.3. The number of rotatable bonds is 3. The molecule has 0 atom stereocenters. The Morgan fingerprint density at radius 2 is 1.48 bits per heavy atom. The number of benzene rings is 2. The van der Waals surface area contributed by atoms with E-state index in [2.05, 4.69) is 0 Å². The zero-order chi connectivity index (χ0) is 15.7. The van der Waals surface area contributed by atoms with Gasteiger partial charge in [0.05, 0.1) is 0 Å². The van der Waals surface area contributed by atoms with Gasteiger partial charge in [0, 0.05) is 18.3 Å². The van der Waals surface area contributed by atoms with Gasteiger partial charge in [-0.2, -0.15) is 0 Å². The molecule has 0 heterocycles. The Balaban J connectivity index is 2.53. The van der Waals surface area contributed by atoms with E-state index in [1.807, 2.05) is 32.0 Å². The molecule has 2 rings (SSSR count). The lowest BCUT2D eigenvalue weighted by Crippen LogP contribution is -2.17. The molecule has 2 aromatic rings. The minimum atomic E-state index is -0.748. The molecule has 0 amide bonds. The lowest BCUT2D eigenvalue weighted by molar-refractivity contribution is 0.583. The number of aryl methyl sites for hydroxylation is 2. The predicted octanol–water partition coefficient (Wildman–Crippen LogP) is 3.63. The molecule has 0 fully saturated rings. The molecule has 0 spiro atoms. The van der Waals surface area contributed by atoms with Gasteiger partial charge in [0.1, 0.15) is 11.5 Å². The van der Waals surface area contributed by atoms with Crippen molar-refractivity contribution in [2.75, 3.05) is 11.9 Å². The van der Waals surface area contributed by atoms with E-state index in [-0.39, 0.29) is 17.1 Å². The highest BCUT2D eigenvalue weighted by Gasteiger charge is 2.17. The fourth-order valence-corrected chi connectivity index (χ4v) is 2.31. The molecule has 5 heteroatoms. The summed E-state index contributed by atoms with van der Waals surface area (Å²) in [6.07, 6.45) is 0. The fraction of sp³-hybridized carbons (Fsp3) is 0.188. The van der Waals surface area contributed by atoms with Crippen LogP contribution in [0, 0.1) is 30.9 Å². The van der Waals surface area contributed by atoms with E-state index >= 15 is 0 Å². The van der Waals surface area contributed by atoms with Gasteiger partial charge < -0.3 is 10.6 Å². The van der Waals surface area contributed by atoms with Crippen LogP contribution in [0.1, 0.15) is 16.7 Å². The third kappa shape index (κ3) is 3.02. The van der Waals surface area contributed by atoms with Crippen LogP contribution in [0.2, 0.25) is 0 Å². The molecule has 0 aliphatic carbocycles. The maximum absolute atomic E-state index is 14.2. The fourth-order valence-electron chi connectivity index (χ4n) is 2.31. The summed E-state index contributed by atoms with van der Waals surface area (Å²) in [7, 11) is 1.60. The van der Waals surface area contributed by atoms with Crippen molar-refractivity contribution in [2.45, 2.75) is 13.8 Å². The first-order valence-electron chi connectivity index (χ1n) is 6.45. The molecule has 0 unspecified atom stereocenters. The Hall–Kier alpha value is -2.43. The Morgan fingerprint density at radius 1 is 1.00 bits per heavy atom. The first kappa shape index (κ1) is 15.0. The van der Waals surface area contributed by atoms with Crippen LogP contribution in [0.5, 0.6) is 0 Å². The average molecular weight is 289 g/mol. The molecule has 0 aliphatic heterocycles. The van der Waals surface area contributed by atoms with Crippen molar-refractivity contribution in [2.24, 2.45) is 5.73 Å². The van der Waals surface area contributed by atoms with Crippen LogP contribution < -0.4 is 10.6 Å². The first-order chi connectivity index (χ1) is 9.79. The minimum absolute atomic E-state index is 0.0302. The van der Waals surface area contributed by atoms with Crippen molar-refractivity contribution in [3.05, 3.63) is 58.7 Å². The van der Waals surface area contributed by atoms with E-state index in [1.54, 1.807) is 7.05 Å². The van der Waals surface area contributed by atoms with E-state index in [0.29, 0.717) is 5.69 Å². The molecule has 0 aliphatic rings. The van der Waals surface area contributed by atoms with Gasteiger partial charge in [0.15, 0.2) is 11.6 Å². The van der Waals surface area contributed by atoms with E-state index in [4.69, 9.17) is 11.1 Å². The van der Waals surface area contributed by atoms with Crippen LogP contribution in [-0.4, -0.2) is 12.9 Å². The molecule has 0 bridgehead atoms. The molecular weight excluding hydrogens is 272 g/mol. The summed E-state index contributed by atoms with van der Waals surface area (Å²) in [6.45, 7) is 3.85. The topological polar surface area (TPSA) is 53.1 Å². The Morgan fingerprint density at radius 3 is 1.90 bits per heavy atom. The first-order valence-corrected chi connectivity index (χ1v) is 6.45. The zero-order valence-corrected chi connectivity index (χ0v) is 12.2. The Labute approximate surface area is 122 Å². The summed E-state index contributed by atoms with van der Waals surface area (Å²) >= 11 is 0. The van der Waals surface area contributed by atoms with Gasteiger partial charge in [-0.25, -0.2) is 8.78 Å². The number of amidine groups is 1. The van der Waals surface area contributed by atoms with Gasteiger partial charge in [-0.15, -0.1) is 0 Å². The largest absolute Gasteiger partial charge is 0.384 e. The number of nitrogens with zero attached hydrogens (tertiary/aromatic N) is 1. The van der Waals surface area contributed by atoms with Crippen molar-refractivity contribution in [1.82, 2.24) is 0 Å². The second-order valence-corrected chi connectivity index (χ2v) is 5.11. The van der Waals surface area contributed by atoms with Crippen LogP contribution >= 0.6 is 0 Å². The highest BCUT2D eigenvalue weighted by molar-refractivity contribution is 5.95. The second kappa shape index (κ2) is 5.52. The molecule has 3 N–H and O–H groups in total. The highest BCUT2D eigenvalue weighted by atomic mass is 19.1. The molecule has 21 heavy (non-hydrogen) atoms. The van der Waals surface area contributed by atoms with Gasteiger partial charge in [0.25, 0.3) is 0 Å². The molecule has 0 saturated heterocycles. The van der Waals surface area contributed by atoms with E-state index in [1.165, 1.54) is 4.90 Å². The smallest absolute Gasteiger partial charge is 0.150 e. The van der Waals surface area contributed by atoms with Gasteiger partial charge in [-0.1, -0.05) is 6.07 Å². The number of halogens is 2. The molecule has 3 nitrogen and oxygen atoms in total. The van der Waals surface area contributed by atoms with Crippen molar-refractivity contribution in [3.63, 3.8) is 0 Å². The van der Waals surface area contributed by atoms with Crippen LogP contribution in [-0.2, 0) is 0 Å². The van der Waals surface area contributed by atoms with Crippen molar-refractivity contribution in [1.29, 1.82) is 5.41 Å². The standard InChI is InChI=1S/C16H17F2N3/c1-9-4-10(2)6-12(5-9)21(3)15-13(17)7-11(16(19)20)8-14(15)18/h4-8H,1-3H3,(H3,19,20). The Bertz CT molecular complexity index is 667. The van der Waals surface area contributed by atoms with Gasteiger partial charge in [-0.3, -0.25) is 5.41 Å². The number of nitrogen functional groups attached to an aromatic ring is 1. The van der Waals surface area contributed by atoms with E-state index in [9.17, 15) is 8.78 Å². The summed E-state index contributed by atoms with van der Waals surface area (Å²) in [5, 5.41) is 7.26. The molecule has 110 valence electrons. The van der Waals surface area contributed by atoms with Gasteiger partial charge in [-0.05, 0) is 49.2 Å². The lowest BCUT2D eigenvalue weighted by atomic mass is 10.1. The Kier molecular flexibility index (Phi) is 3.93. The molecule has 0 radical (unpaired) electrons. The molecule has 0 aromatic heterocycles. The summed E-state index contributed by atoms with van der Waals surface area (Å²) in [5.74, 6) is -1.86. The number of nitrogens with two attached hydrogens (primary N) is 1. The highest BCUT2D eigenvalue weighted by Crippen LogP contribution is 2.31. The van der Waals surface area contributed by atoms with E-state index < -0.39 is 11.6 Å². The average Bonchev–Trinajstić information content (AvgIpc) is 2.36. The lowest BCUT2D eigenvalue weighted by Gasteiger charge is -2.22. The normalized spacial score (nSPS) is 10.5.